The van der Waals surface area contributed by atoms with E-state index < -0.39 is 0 Å². The van der Waals surface area contributed by atoms with E-state index in [9.17, 15) is 0 Å². The quantitative estimate of drug-likeness (QED) is 0.733. The zero-order chi connectivity index (χ0) is 12.8. The average Bonchev–Trinajstić information content (AvgIpc) is 2.46. The Balaban J connectivity index is 2.32. The molecule has 0 fully saturated rings. The van der Waals surface area contributed by atoms with Gasteiger partial charge < -0.3 is 5.41 Å². The van der Waals surface area contributed by atoms with E-state index in [4.69, 9.17) is 5.41 Å². The van der Waals surface area contributed by atoms with Gasteiger partial charge in [0.25, 0.3) is 0 Å². The summed E-state index contributed by atoms with van der Waals surface area (Å²) in [5, 5.41) is 7.97. The first-order chi connectivity index (χ1) is 8.81. The summed E-state index contributed by atoms with van der Waals surface area (Å²) >= 11 is 0. The predicted molar refractivity (Wildman–Crippen MR) is 77.4 cm³/mol. The molecule has 2 rings (SSSR count). The first-order valence-corrected chi connectivity index (χ1v) is 6.47. The highest BCUT2D eigenvalue weighted by molar-refractivity contribution is 5.82. The van der Waals surface area contributed by atoms with Crippen LogP contribution in [-0.2, 0) is 0 Å². The molecule has 0 aromatic heterocycles. The van der Waals surface area contributed by atoms with Crippen LogP contribution in [0, 0.1) is 5.41 Å². The van der Waals surface area contributed by atoms with Gasteiger partial charge in [-0.3, -0.25) is 0 Å². The minimum Gasteiger partial charge on any atom is -0.310 e. The minimum absolute atomic E-state index is 0.305. The van der Waals surface area contributed by atoms with Crippen molar-refractivity contribution in [3.8, 4) is 0 Å². The van der Waals surface area contributed by atoms with Crippen LogP contribution in [0.2, 0.25) is 0 Å². The normalized spacial score (nSPS) is 10.6. The van der Waals surface area contributed by atoms with Crippen LogP contribution in [-0.4, -0.2) is 5.71 Å². The highest BCUT2D eigenvalue weighted by Gasteiger charge is 2.15. The van der Waals surface area contributed by atoms with E-state index in [1.165, 1.54) is 11.1 Å². The molecule has 0 aliphatic carbocycles. The predicted octanol–water partition coefficient (Wildman–Crippen LogP) is 4.64. The second-order valence-electron chi connectivity index (χ2n) is 4.54. The third-order valence-electron chi connectivity index (χ3n) is 3.28. The summed E-state index contributed by atoms with van der Waals surface area (Å²) in [5.41, 5.74) is 3.40. The Morgan fingerprint density at radius 2 is 1.33 bits per heavy atom. The van der Waals surface area contributed by atoms with Gasteiger partial charge in [0.1, 0.15) is 0 Å². The lowest BCUT2D eigenvalue weighted by molar-refractivity contribution is 0.839. The van der Waals surface area contributed by atoms with Gasteiger partial charge in [0.05, 0.1) is 0 Å². The Labute approximate surface area is 109 Å². The summed E-state index contributed by atoms with van der Waals surface area (Å²) in [6.45, 7) is 2.05. The van der Waals surface area contributed by atoms with Gasteiger partial charge in [0.2, 0.25) is 0 Å². The average molecular weight is 237 g/mol. The lowest BCUT2D eigenvalue weighted by Crippen LogP contribution is -2.07. The Kier molecular flexibility index (Phi) is 4.30. The van der Waals surface area contributed by atoms with Crippen molar-refractivity contribution in [1.82, 2.24) is 0 Å². The summed E-state index contributed by atoms with van der Waals surface area (Å²) in [6, 6.07) is 21.0. The number of nitrogens with one attached hydrogen (secondary N) is 1. The number of hydrogen-bond acceptors (Lipinski definition) is 1. The first kappa shape index (κ1) is 12.6. The molecule has 18 heavy (non-hydrogen) atoms. The summed E-state index contributed by atoms with van der Waals surface area (Å²) in [7, 11) is 0. The minimum atomic E-state index is 0.305. The summed E-state index contributed by atoms with van der Waals surface area (Å²) in [6.07, 6.45) is 1.64. The van der Waals surface area contributed by atoms with Crippen LogP contribution in [0.4, 0.5) is 0 Å². The van der Waals surface area contributed by atoms with Crippen LogP contribution in [0.3, 0.4) is 0 Å². The third-order valence-corrected chi connectivity index (χ3v) is 3.28. The van der Waals surface area contributed by atoms with E-state index in [1.807, 2.05) is 12.1 Å². The lowest BCUT2D eigenvalue weighted by Gasteiger charge is -2.18. The van der Waals surface area contributed by atoms with Gasteiger partial charge in [-0.2, -0.15) is 0 Å². The van der Waals surface area contributed by atoms with Gasteiger partial charge in [-0.25, -0.2) is 0 Å². The zero-order valence-electron chi connectivity index (χ0n) is 10.8. The van der Waals surface area contributed by atoms with E-state index >= 15 is 0 Å². The van der Waals surface area contributed by atoms with Gasteiger partial charge in [-0.1, -0.05) is 67.6 Å². The molecule has 1 heteroatoms. The second kappa shape index (κ2) is 6.15. The maximum absolute atomic E-state index is 7.97. The van der Waals surface area contributed by atoms with E-state index in [0.29, 0.717) is 5.92 Å². The van der Waals surface area contributed by atoms with E-state index in [0.717, 1.165) is 18.6 Å². The molecule has 0 saturated carbocycles. The van der Waals surface area contributed by atoms with Crippen LogP contribution in [0.25, 0.3) is 0 Å². The fraction of sp³-hybridized carbons (Fsp3) is 0.235. The topological polar surface area (TPSA) is 23.9 Å². The fourth-order valence-electron chi connectivity index (χ4n) is 2.19. The highest BCUT2D eigenvalue weighted by atomic mass is 14.4. The molecule has 0 aliphatic heterocycles. The molecule has 0 atom stereocenters. The monoisotopic (exact) mass is 237 g/mol. The van der Waals surface area contributed by atoms with Crippen molar-refractivity contribution in [2.75, 3.05) is 0 Å². The van der Waals surface area contributed by atoms with Crippen molar-refractivity contribution in [1.29, 1.82) is 5.41 Å². The molecule has 0 amide bonds. The van der Waals surface area contributed by atoms with Crippen LogP contribution in [0.5, 0.6) is 0 Å². The van der Waals surface area contributed by atoms with Crippen molar-refractivity contribution < 1.29 is 0 Å². The Morgan fingerprint density at radius 3 is 1.72 bits per heavy atom. The van der Waals surface area contributed by atoms with Crippen LogP contribution in [0.1, 0.15) is 36.8 Å². The molecule has 0 saturated heterocycles. The molecule has 1 nitrogen and oxygen atoms in total. The second-order valence-corrected chi connectivity index (χ2v) is 4.54. The lowest BCUT2D eigenvalue weighted by atomic mass is 9.86. The molecule has 0 spiro atoms. The van der Waals surface area contributed by atoms with Crippen LogP contribution in [0.15, 0.2) is 60.7 Å². The molecule has 0 radical (unpaired) electrons. The Hall–Kier alpha value is -1.89. The van der Waals surface area contributed by atoms with Crippen molar-refractivity contribution in [2.24, 2.45) is 0 Å². The highest BCUT2D eigenvalue weighted by Crippen LogP contribution is 2.28. The molecule has 2 aromatic carbocycles. The third kappa shape index (κ3) is 3.07. The van der Waals surface area contributed by atoms with Gasteiger partial charge >= 0.3 is 0 Å². The smallest absolute Gasteiger partial charge is 0.0141 e. The molecular formula is C17H19N. The van der Waals surface area contributed by atoms with Crippen molar-refractivity contribution >= 4 is 5.71 Å². The molecule has 1 N–H and O–H groups in total. The van der Waals surface area contributed by atoms with E-state index in [-0.39, 0.29) is 0 Å². The molecule has 0 aliphatic rings. The van der Waals surface area contributed by atoms with Crippen molar-refractivity contribution in [2.45, 2.75) is 25.7 Å². The van der Waals surface area contributed by atoms with Gasteiger partial charge in [0, 0.05) is 11.6 Å². The standard InChI is InChI=1S/C17H19N/c1-2-16(18)13-17(14-9-5-3-6-10-14)15-11-7-4-8-12-15/h3-12,17-18H,2,13H2,1H3. The summed E-state index contributed by atoms with van der Waals surface area (Å²) < 4.78 is 0. The summed E-state index contributed by atoms with van der Waals surface area (Å²) in [5.74, 6) is 0.305. The molecule has 92 valence electrons. The maximum atomic E-state index is 7.97. The Bertz CT molecular complexity index is 448. The van der Waals surface area contributed by atoms with Gasteiger partial charge in [-0.15, -0.1) is 0 Å². The largest absolute Gasteiger partial charge is 0.310 e. The Morgan fingerprint density at radius 1 is 0.889 bits per heavy atom. The van der Waals surface area contributed by atoms with Crippen molar-refractivity contribution in [3.05, 3.63) is 71.8 Å². The molecule has 2 aromatic rings. The van der Waals surface area contributed by atoms with Gasteiger partial charge in [-0.05, 0) is 24.0 Å². The van der Waals surface area contributed by atoms with E-state index in [2.05, 4.69) is 55.5 Å². The van der Waals surface area contributed by atoms with Crippen LogP contribution < -0.4 is 0 Å². The maximum Gasteiger partial charge on any atom is 0.0141 e. The van der Waals surface area contributed by atoms with Crippen molar-refractivity contribution in [3.63, 3.8) is 0 Å². The van der Waals surface area contributed by atoms with Crippen LogP contribution >= 0.6 is 0 Å². The summed E-state index contributed by atoms with van der Waals surface area (Å²) in [4.78, 5) is 0. The molecular weight excluding hydrogens is 218 g/mol. The molecule has 0 heterocycles. The molecule has 0 unspecified atom stereocenters. The van der Waals surface area contributed by atoms with E-state index in [1.54, 1.807) is 0 Å². The SMILES string of the molecule is CCC(=N)CC(c1ccccc1)c1ccccc1. The number of hydrogen-bond donors (Lipinski definition) is 1. The zero-order valence-corrected chi connectivity index (χ0v) is 10.8. The number of rotatable bonds is 5. The number of benzene rings is 2. The first-order valence-electron chi connectivity index (χ1n) is 6.47. The fourth-order valence-corrected chi connectivity index (χ4v) is 2.19. The molecule has 0 bridgehead atoms. The van der Waals surface area contributed by atoms with Gasteiger partial charge in [0.15, 0.2) is 0 Å².